The average molecular weight is 320 g/mol. The molecule has 1 aromatic heterocycles. The van der Waals surface area contributed by atoms with Crippen molar-refractivity contribution in [1.82, 2.24) is 0 Å². The summed E-state index contributed by atoms with van der Waals surface area (Å²) in [6.07, 6.45) is 0. The first kappa shape index (κ1) is 15.8. The van der Waals surface area contributed by atoms with Crippen LogP contribution in [-0.4, -0.2) is 18.6 Å². The first-order chi connectivity index (χ1) is 9.94. The van der Waals surface area contributed by atoms with Crippen LogP contribution >= 0.6 is 23.6 Å². The fourth-order valence-corrected chi connectivity index (χ4v) is 3.11. The second-order valence-corrected chi connectivity index (χ2v) is 6.88. The fraction of sp³-hybridized carbons (Fsp3) is 0.312. The molecule has 1 heterocycles. The summed E-state index contributed by atoms with van der Waals surface area (Å²) in [7, 11) is 1.65. The summed E-state index contributed by atoms with van der Waals surface area (Å²) in [5, 5.41) is 5.56. The molecule has 0 bridgehead atoms. The van der Waals surface area contributed by atoms with Crippen molar-refractivity contribution in [3.05, 3.63) is 46.2 Å². The smallest absolute Gasteiger partial charge is 0.120 e. The van der Waals surface area contributed by atoms with Crippen molar-refractivity contribution in [2.75, 3.05) is 19.0 Å². The Morgan fingerprint density at radius 3 is 2.71 bits per heavy atom. The molecule has 0 fully saturated rings. The Bertz CT molecular complexity index is 621. The van der Waals surface area contributed by atoms with E-state index in [9.17, 15) is 0 Å². The molecule has 0 unspecified atom stereocenters. The standard InChI is InChI=1S/C16H20N2OS2/c1-16(2,14-5-4-8-21-14)10-18-13-9-11(19-3)6-7-12(13)15(17)20/h4-9,18H,10H2,1-3H3,(H2,17,20). The van der Waals surface area contributed by atoms with E-state index >= 15 is 0 Å². The average Bonchev–Trinajstić information content (AvgIpc) is 2.99. The minimum Gasteiger partial charge on any atom is -0.497 e. The summed E-state index contributed by atoms with van der Waals surface area (Å²) in [5.41, 5.74) is 7.57. The minimum atomic E-state index is 0.0325. The maximum atomic E-state index is 5.79. The first-order valence-corrected chi connectivity index (χ1v) is 7.98. The monoisotopic (exact) mass is 320 g/mol. The summed E-state index contributed by atoms with van der Waals surface area (Å²) in [4.78, 5) is 1.73. The third-order valence-electron chi connectivity index (χ3n) is 3.40. The van der Waals surface area contributed by atoms with Crippen LogP contribution in [0.1, 0.15) is 24.3 Å². The van der Waals surface area contributed by atoms with Crippen molar-refractivity contribution in [3.63, 3.8) is 0 Å². The summed E-state index contributed by atoms with van der Waals surface area (Å²) in [5.74, 6) is 0.784. The van der Waals surface area contributed by atoms with Crippen molar-refractivity contribution in [1.29, 1.82) is 0 Å². The topological polar surface area (TPSA) is 47.3 Å². The van der Waals surface area contributed by atoms with Gasteiger partial charge in [-0.1, -0.05) is 32.1 Å². The van der Waals surface area contributed by atoms with Crippen molar-refractivity contribution in [2.24, 2.45) is 5.73 Å². The van der Waals surface area contributed by atoms with Gasteiger partial charge < -0.3 is 15.8 Å². The third kappa shape index (κ3) is 3.74. The van der Waals surface area contributed by atoms with E-state index in [-0.39, 0.29) is 5.41 Å². The lowest BCUT2D eigenvalue weighted by Gasteiger charge is -2.25. The van der Waals surface area contributed by atoms with Crippen LogP contribution in [0.5, 0.6) is 5.75 Å². The number of thiocarbonyl (C=S) groups is 1. The highest BCUT2D eigenvalue weighted by molar-refractivity contribution is 7.80. The summed E-state index contributed by atoms with van der Waals surface area (Å²) < 4.78 is 5.27. The molecule has 0 aliphatic rings. The number of methoxy groups -OCH3 is 1. The zero-order chi connectivity index (χ0) is 15.5. The number of anilines is 1. The highest BCUT2D eigenvalue weighted by Gasteiger charge is 2.22. The largest absolute Gasteiger partial charge is 0.497 e. The molecule has 21 heavy (non-hydrogen) atoms. The van der Waals surface area contributed by atoms with Gasteiger partial charge in [0.05, 0.1) is 7.11 Å². The van der Waals surface area contributed by atoms with Crippen LogP contribution in [0.3, 0.4) is 0 Å². The van der Waals surface area contributed by atoms with E-state index in [2.05, 4.69) is 36.7 Å². The lowest BCUT2D eigenvalue weighted by molar-refractivity contribution is 0.415. The molecule has 0 aliphatic carbocycles. The second kappa shape index (κ2) is 6.45. The van der Waals surface area contributed by atoms with E-state index in [0.717, 1.165) is 23.5 Å². The molecule has 0 saturated carbocycles. The Labute approximate surface area is 135 Å². The second-order valence-electron chi connectivity index (χ2n) is 5.49. The van der Waals surface area contributed by atoms with Crippen LogP contribution < -0.4 is 15.8 Å². The van der Waals surface area contributed by atoms with Crippen LogP contribution in [0.15, 0.2) is 35.7 Å². The molecule has 0 amide bonds. The van der Waals surface area contributed by atoms with E-state index in [1.165, 1.54) is 4.88 Å². The molecule has 0 radical (unpaired) electrons. The zero-order valence-corrected chi connectivity index (χ0v) is 14.1. The highest BCUT2D eigenvalue weighted by atomic mass is 32.1. The van der Waals surface area contributed by atoms with Crippen molar-refractivity contribution >= 4 is 34.2 Å². The van der Waals surface area contributed by atoms with Gasteiger partial charge in [0.15, 0.2) is 0 Å². The van der Waals surface area contributed by atoms with Crippen LogP contribution in [-0.2, 0) is 5.41 Å². The molecular formula is C16H20N2OS2. The molecule has 112 valence electrons. The molecule has 0 saturated heterocycles. The molecule has 2 aromatic rings. The number of nitrogens with one attached hydrogen (secondary N) is 1. The van der Waals surface area contributed by atoms with Gasteiger partial charge in [-0.25, -0.2) is 0 Å². The number of benzene rings is 1. The number of hydrogen-bond acceptors (Lipinski definition) is 4. The van der Waals surface area contributed by atoms with Gasteiger partial charge in [0.1, 0.15) is 10.7 Å². The number of hydrogen-bond donors (Lipinski definition) is 2. The van der Waals surface area contributed by atoms with Gasteiger partial charge in [-0.3, -0.25) is 0 Å². The predicted octanol–water partition coefficient (Wildman–Crippen LogP) is 3.78. The van der Waals surface area contributed by atoms with Gasteiger partial charge in [-0.2, -0.15) is 0 Å². The Balaban J connectivity index is 2.21. The van der Waals surface area contributed by atoms with E-state index in [1.807, 2.05) is 18.2 Å². The number of rotatable bonds is 6. The van der Waals surface area contributed by atoms with Gasteiger partial charge >= 0.3 is 0 Å². The first-order valence-electron chi connectivity index (χ1n) is 6.70. The van der Waals surface area contributed by atoms with E-state index in [1.54, 1.807) is 18.4 Å². The molecule has 3 N–H and O–H groups in total. The van der Waals surface area contributed by atoms with Gasteiger partial charge in [0.2, 0.25) is 0 Å². The quantitative estimate of drug-likeness (QED) is 0.795. The van der Waals surface area contributed by atoms with Crippen molar-refractivity contribution in [3.8, 4) is 5.75 Å². The van der Waals surface area contributed by atoms with Gasteiger partial charge in [0, 0.05) is 34.2 Å². The maximum absolute atomic E-state index is 5.79. The zero-order valence-electron chi connectivity index (χ0n) is 12.5. The summed E-state index contributed by atoms with van der Waals surface area (Å²) in [6, 6.07) is 9.92. The molecule has 3 nitrogen and oxygen atoms in total. The Morgan fingerprint density at radius 1 is 1.38 bits per heavy atom. The molecular weight excluding hydrogens is 300 g/mol. The Morgan fingerprint density at radius 2 is 2.14 bits per heavy atom. The van der Waals surface area contributed by atoms with Gasteiger partial charge in [0.25, 0.3) is 0 Å². The van der Waals surface area contributed by atoms with E-state index in [4.69, 9.17) is 22.7 Å². The fourth-order valence-electron chi connectivity index (χ4n) is 2.08. The Hall–Kier alpha value is -1.59. The highest BCUT2D eigenvalue weighted by Crippen LogP contribution is 2.29. The predicted molar refractivity (Wildman–Crippen MR) is 94.7 cm³/mol. The summed E-state index contributed by atoms with van der Waals surface area (Å²) >= 11 is 6.88. The lowest BCUT2D eigenvalue weighted by Crippen LogP contribution is -2.27. The molecule has 0 spiro atoms. The Kier molecular flexibility index (Phi) is 4.85. The number of nitrogens with two attached hydrogens (primary N) is 1. The minimum absolute atomic E-state index is 0.0325. The summed E-state index contributed by atoms with van der Waals surface area (Å²) in [6.45, 7) is 5.22. The van der Waals surface area contributed by atoms with Crippen LogP contribution in [0.4, 0.5) is 5.69 Å². The number of ether oxygens (including phenoxy) is 1. The maximum Gasteiger partial charge on any atom is 0.120 e. The van der Waals surface area contributed by atoms with E-state index < -0.39 is 0 Å². The van der Waals surface area contributed by atoms with Crippen molar-refractivity contribution in [2.45, 2.75) is 19.3 Å². The molecule has 0 aliphatic heterocycles. The van der Waals surface area contributed by atoms with Crippen LogP contribution in [0.25, 0.3) is 0 Å². The molecule has 0 atom stereocenters. The van der Waals surface area contributed by atoms with Gasteiger partial charge in [-0.15, -0.1) is 11.3 Å². The SMILES string of the molecule is COc1ccc(C(N)=S)c(NCC(C)(C)c2cccs2)c1. The normalized spacial score (nSPS) is 11.2. The van der Waals surface area contributed by atoms with Crippen LogP contribution in [0, 0.1) is 0 Å². The lowest BCUT2D eigenvalue weighted by atomic mass is 9.91. The molecule has 2 rings (SSSR count). The van der Waals surface area contributed by atoms with Crippen molar-refractivity contribution < 1.29 is 4.74 Å². The third-order valence-corrected chi connectivity index (χ3v) is 4.86. The van der Waals surface area contributed by atoms with E-state index in [0.29, 0.717) is 4.99 Å². The molecule has 5 heteroatoms. The van der Waals surface area contributed by atoms with Gasteiger partial charge in [-0.05, 0) is 23.6 Å². The number of thiophene rings is 1. The molecule has 1 aromatic carbocycles. The van der Waals surface area contributed by atoms with Crippen LogP contribution in [0.2, 0.25) is 0 Å².